The Bertz CT molecular complexity index is 833. The van der Waals surface area contributed by atoms with E-state index in [1.54, 1.807) is 12.1 Å². The number of rotatable bonds is 4. The average molecular weight is 385 g/mol. The van der Waals surface area contributed by atoms with E-state index in [4.69, 9.17) is 21.4 Å². The monoisotopic (exact) mass is 384 g/mol. The van der Waals surface area contributed by atoms with Crippen molar-refractivity contribution in [2.24, 2.45) is 0 Å². The molecule has 0 aliphatic heterocycles. The van der Waals surface area contributed by atoms with Crippen LogP contribution in [0.4, 0.5) is 13.2 Å². The van der Waals surface area contributed by atoms with E-state index < -0.39 is 17.7 Å². The second-order valence-electron chi connectivity index (χ2n) is 6.29. The van der Waals surface area contributed by atoms with E-state index in [1.807, 2.05) is 6.07 Å². The van der Waals surface area contributed by atoms with Gasteiger partial charge in [0.05, 0.1) is 17.0 Å². The first-order valence-electron chi connectivity index (χ1n) is 8.13. The molecule has 1 atom stereocenters. The topological polar surface area (TPSA) is 46.5 Å². The summed E-state index contributed by atoms with van der Waals surface area (Å²) in [6.07, 6.45) is -1.87. The van der Waals surface area contributed by atoms with Crippen LogP contribution in [0.25, 0.3) is 0 Å². The molecule has 0 spiro atoms. The Labute approximate surface area is 153 Å². The quantitative estimate of drug-likeness (QED) is 0.698. The average Bonchev–Trinajstić information content (AvgIpc) is 2.55. The fraction of sp³-hybridized carbons (Fsp3) is 0.316. The number of fused-ring (bicyclic) bond motifs is 1. The molecular weight excluding hydrogens is 369 g/mol. The summed E-state index contributed by atoms with van der Waals surface area (Å²) in [6, 6.07) is 8.26. The van der Waals surface area contributed by atoms with E-state index in [0.29, 0.717) is 5.75 Å². The molecule has 0 bridgehead atoms. The lowest BCUT2D eigenvalue weighted by Gasteiger charge is -2.25. The van der Waals surface area contributed by atoms with Gasteiger partial charge in [-0.25, -0.2) is 0 Å². The molecule has 2 aromatic rings. The van der Waals surface area contributed by atoms with Crippen molar-refractivity contribution >= 4 is 17.6 Å². The highest BCUT2D eigenvalue weighted by atomic mass is 35.5. The van der Waals surface area contributed by atoms with Crippen molar-refractivity contribution in [2.75, 3.05) is 0 Å². The number of hydrogen-bond acceptors (Lipinski definition) is 2. The predicted octanol–water partition coefficient (Wildman–Crippen LogP) is 6.05. The van der Waals surface area contributed by atoms with Crippen LogP contribution in [-0.4, -0.2) is 11.1 Å². The first-order valence-corrected chi connectivity index (χ1v) is 8.51. The highest BCUT2D eigenvalue weighted by molar-refractivity contribution is 6.32. The predicted molar refractivity (Wildman–Crippen MR) is 90.9 cm³/mol. The first-order chi connectivity index (χ1) is 12.2. The van der Waals surface area contributed by atoms with Gasteiger partial charge in [-0.15, -0.1) is 0 Å². The Kier molecular flexibility index (Phi) is 5.14. The summed E-state index contributed by atoms with van der Waals surface area (Å²) in [7, 11) is 0. The summed E-state index contributed by atoms with van der Waals surface area (Å²) in [5.74, 6) is -0.265. The number of ether oxygens (including phenoxy) is 1. The largest absolute Gasteiger partial charge is 0.481 e. The minimum Gasteiger partial charge on any atom is -0.481 e. The molecule has 0 aromatic heterocycles. The number of aryl methyl sites for hydroxylation is 1. The number of alkyl halides is 3. The Morgan fingerprint density at radius 1 is 1.23 bits per heavy atom. The normalized spacial score (nSPS) is 16.8. The zero-order valence-electron chi connectivity index (χ0n) is 13.6. The van der Waals surface area contributed by atoms with Gasteiger partial charge in [-0.05, 0) is 66.6 Å². The maximum Gasteiger partial charge on any atom is 0.416 e. The molecule has 1 aliphatic carbocycles. The zero-order chi connectivity index (χ0) is 18.9. The van der Waals surface area contributed by atoms with Gasteiger partial charge in [0.25, 0.3) is 0 Å². The molecule has 1 aliphatic rings. The Morgan fingerprint density at radius 2 is 2.00 bits per heavy atom. The van der Waals surface area contributed by atoms with Crippen LogP contribution in [0.2, 0.25) is 5.02 Å². The molecule has 138 valence electrons. The van der Waals surface area contributed by atoms with Crippen LogP contribution in [-0.2, 0) is 17.4 Å². The number of halogens is 4. The van der Waals surface area contributed by atoms with Gasteiger partial charge < -0.3 is 9.84 Å². The zero-order valence-corrected chi connectivity index (χ0v) is 14.4. The molecule has 7 heteroatoms. The Balaban J connectivity index is 1.82. The molecule has 0 saturated heterocycles. The summed E-state index contributed by atoms with van der Waals surface area (Å²) in [5, 5.41) is 8.91. The lowest BCUT2D eigenvalue weighted by Crippen LogP contribution is -2.13. The smallest absolute Gasteiger partial charge is 0.416 e. The van der Waals surface area contributed by atoms with Gasteiger partial charge in [-0.2, -0.15) is 13.2 Å². The molecule has 0 saturated carbocycles. The highest BCUT2D eigenvalue weighted by Crippen LogP contribution is 2.39. The fourth-order valence-corrected chi connectivity index (χ4v) is 3.48. The van der Waals surface area contributed by atoms with Gasteiger partial charge in [0.1, 0.15) is 11.5 Å². The third-order valence-corrected chi connectivity index (χ3v) is 4.76. The van der Waals surface area contributed by atoms with Gasteiger partial charge in [0, 0.05) is 0 Å². The molecule has 0 heterocycles. The van der Waals surface area contributed by atoms with Crippen molar-refractivity contribution in [3.63, 3.8) is 0 Å². The van der Waals surface area contributed by atoms with Crippen LogP contribution >= 0.6 is 11.6 Å². The van der Waals surface area contributed by atoms with E-state index >= 15 is 0 Å². The molecule has 0 amide bonds. The van der Waals surface area contributed by atoms with Crippen molar-refractivity contribution in [2.45, 2.75) is 37.8 Å². The van der Waals surface area contributed by atoms with Gasteiger partial charge >= 0.3 is 12.1 Å². The van der Waals surface area contributed by atoms with Crippen molar-refractivity contribution in [3.05, 3.63) is 58.1 Å². The van der Waals surface area contributed by atoms with E-state index in [-0.39, 0.29) is 23.1 Å². The van der Waals surface area contributed by atoms with Crippen molar-refractivity contribution < 1.29 is 27.8 Å². The summed E-state index contributed by atoms with van der Waals surface area (Å²) >= 11 is 5.92. The third kappa shape index (κ3) is 4.12. The van der Waals surface area contributed by atoms with Crippen LogP contribution < -0.4 is 4.74 Å². The number of aliphatic carboxylic acids is 1. The number of hydrogen-bond donors (Lipinski definition) is 1. The second-order valence-corrected chi connectivity index (χ2v) is 6.70. The van der Waals surface area contributed by atoms with E-state index in [0.717, 1.165) is 42.5 Å². The van der Waals surface area contributed by atoms with Crippen molar-refractivity contribution in [1.29, 1.82) is 0 Å². The molecule has 0 fully saturated rings. The minimum absolute atomic E-state index is 0.0278. The lowest BCUT2D eigenvalue weighted by atomic mass is 9.81. The summed E-state index contributed by atoms with van der Waals surface area (Å²) in [5.41, 5.74) is 1.16. The van der Waals surface area contributed by atoms with E-state index in [1.165, 1.54) is 6.07 Å². The SMILES string of the molecule is O=C(O)C[C@@H]1CCCc2cc(Oc3ccc(C(F)(F)F)cc3Cl)ccc21. The molecule has 1 N–H and O–H groups in total. The highest BCUT2D eigenvalue weighted by Gasteiger charge is 2.31. The summed E-state index contributed by atoms with van der Waals surface area (Å²) in [4.78, 5) is 11.0. The van der Waals surface area contributed by atoms with Crippen LogP contribution in [0.5, 0.6) is 11.5 Å². The van der Waals surface area contributed by atoms with Gasteiger partial charge in [-0.3, -0.25) is 4.79 Å². The van der Waals surface area contributed by atoms with Gasteiger partial charge in [0.2, 0.25) is 0 Å². The van der Waals surface area contributed by atoms with E-state index in [2.05, 4.69) is 0 Å². The lowest BCUT2D eigenvalue weighted by molar-refractivity contribution is -0.138. The summed E-state index contributed by atoms with van der Waals surface area (Å²) in [6.45, 7) is 0. The molecular formula is C19H16ClF3O3. The number of carbonyl (C=O) groups is 1. The number of carboxylic acid groups (broad SMARTS) is 1. The molecule has 0 radical (unpaired) electrons. The summed E-state index contributed by atoms with van der Waals surface area (Å²) < 4.78 is 43.7. The molecule has 3 nitrogen and oxygen atoms in total. The second kappa shape index (κ2) is 7.19. The van der Waals surface area contributed by atoms with Crippen molar-refractivity contribution in [1.82, 2.24) is 0 Å². The molecule has 3 rings (SSSR count). The fourth-order valence-electron chi connectivity index (χ4n) is 3.26. The Hall–Kier alpha value is -2.21. The van der Waals surface area contributed by atoms with Crippen LogP contribution in [0.15, 0.2) is 36.4 Å². The van der Waals surface area contributed by atoms with Gasteiger partial charge in [0.15, 0.2) is 0 Å². The van der Waals surface area contributed by atoms with E-state index in [9.17, 15) is 18.0 Å². The molecule has 2 aromatic carbocycles. The van der Waals surface area contributed by atoms with Crippen molar-refractivity contribution in [3.8, 4) is 11.5 Å². The Morgan fingerprint density at radius 3 is 2.65 bits per heavy atom. The first kappa shape index (κ1) is 18.6. The maximum absolute atomic E-state index is 12.7. The van der Waals surface area contributed by atoms with Crippen LogP contribution in [0.3, 0.4) is 0 Å². The minimum atomic E-state index is -4.47. The third-order valence-electron chi connectivity index (χ3n) is 4.46. The molecule has 0 unspecified atom stereocenters. The van der Waals surface area contributed by atoms with Crippen LogP contribution in [0.1, 0.15) is 41.9 Å². The maximum atomic E-state index is 12.7. The van der Waals surface area contributed by atoms with Gasteiger partial charge in [-0.1, -0.05) is 17.7 Å². The number of carboxylic acids is 1. The van der Waals surface area contributed by atoms with Crippen LogP contribution in [0, 0.1) is 0 Å². The number of benzene rings is 2. The molecule has 26 heavy (non-hydrogen) atoms. The standard InChI is InChI=1S/C19H16ClF3O3/c20-16-10-13(19(21,22)23)4-7-17(16)26-14-5-6-15-11(8-14)2-1-3-12(15)9-18(24)25/h4-8,10,12H,1-3,9H2,(H,24,25)/t12-/m0/s1.